The second kappa shape index (κ2) is 13.5. The molecule has 5 nitrogen and oxygen atoms in total. The molecule has 0 unspecified atom stereocenters. The van der Waals surface area contributed by atoms with Gasteiger partial charge < -0.3 is 20.0 Å². The number of rotatable bonds is 4. The zero-order chi connectivity index (χ0) is 19.4. The minimum atomic E-state index is 0.282. The number of piperidine rings is 1. The third kappa shape index (κ3) is 7.16. The Morgan fingerprint density at radius 3 is 2.00 bits per heavy atom. The van der Waals surface area contributed by atoms with Crippen molar-refractivity contribution in [1.82, 2.24) is 20.0 Å². The van der Waals surface area contributed by atoms with Gasteiger partial charge in [-0.15, -0.1) is 0 Å². The Hall–Kier alpha value is -0.650. The molecule has 0 aromatic heterocycles. The Kier molecular flexibility index (Phi) is 12.2. The summed E-state index contributed by atoms with van der Waals surface area (Å²) in [6.45, 7) is 21.2. The highest BCUT2D eigenvalue weighted by atomic mass is 16.2. The van der Waals surface area contributed by atoms with Crippen LogP contribution in [0.1, 0.15) is 53.9 Å². The van der Waals surface area contributed by atoms with Crippen molar-refractivity contribution < 1.29 is 4.79 Å². The summed E-state index contributed by atoms with van der Waals surface area (Å²) in [7, 11) is 0. The van der Waals surface area contributed by atoms with Crippen molar-refractivity contribution in [3.05, 3.63) is 0 Å². The largest absolute Gasteiger partial charge is 0.340 e. The van der Waals surface area contributed by atoms with Gasteiger partial charge in [-0.05, 0) is 51.4 Å². The molecule has 0 radical (unpaired) electrons. The molecule has 0 aliphatic carbocycles. The van der Waals surface area contributed by atoms with Gasteiger partial charge in [0.2, 0.25) is 5.91 Å². The van der Waals surface area contributed by atoms with Gasteiger partial charge in [-0.2, -0.15) is 0 Å². The van der Waals surface area contributed by atoms with E-state index in [-0.39, 0.29) is 5.92 Å². The van der Waals surface area contributed by atoms with Crippen LogP contribution in [-0.2, 0) is 4.79 Å². The highest BCUT2D eigenvalue weighted by Gasteiger charge is 2.30. The Morgan fingerprint density at radius 2 is 1.46 bits per heavy atom. The van der Waals surface area contributed by atoms with Gasteiger partial charge in [0.15, 0.2) is 0 Å². The van der Waals surface area contributed by atoms with Gasteiger partial charge in [0.1, 0.15) is 0 Å². The highest BCUT2D eigenvalue weighted by molar-refractivity contribution is 5.79. The fourth-order valence-electron chi connectivity index (χ4n) is 4.22. The van der Waals surface area contributed by atoms with Crippen LogP contribution in [-0.4, -0.2) is 86.1 Å². The fourth-order valence-corrected chi connectivity index (χ4v) is 4.22. The molecule has 0 aromatic carbocycles. The number of nitrogens with one attached hydrogen (secondary N) is 1. The molecule has 1 N–H and O–H groups in total. The second-order valence-corrected chi connectivity index (χ2v) is 7.20. The summed E-state index contributed by atoms with van der Waals surface area (Å²) in [5.41, 5.74) is 0. The molecule has 0 spiro atoms. The van der Waals surface area contributed by atoms with Gasteiger partial charge >= 0.3 is 0 Å². The summed E-state index contributed by atoms with van der Waals surface area (Å²) >= 11 is 0. The molecule has 3 saturated heterocycles. The van der Waals surface area contributed by atoms with E-state index in [1.54, 1.807) is 0 Å². The van der Waals surface area contributed by atoms with Crippen LogP contribution in [0.2, 0.25) is 0 Å². The Balaban J connectivity index is 0.000000791. The summed E-state index contributed by atoms with van der Waals surface area (Å²) in [5.74, 6) is 1.55. The third-order valence-electron chi connectivity index (χ3n) is 5.70. The average molecular weight is 369 g/mol. The lowest BCUT2D eigenvalue weighted by molar-refractivity contribution is -0.137. The third-order valence-corrected chi connectivity index (χ3v) is 5.70. The van der Waals surface area contributed by atoms with Crippen molar-refractivity contribution in [3.63, 3.8) is 0 Å². The van der Waals surface area contributed by atoms with Crippen molar-refractivity contribution in [3.8, 4) is 0 Å². The van der Waals surface area contributed by atoms with E-state index in [2.05, 4.69) is 26.9 Å². The fraction of sp³-hybridized carbons (Fsp3) is 0.952. The molecule has 1 amide bonds. The minimum absolute atomic E-state index is 0.282. The van der Waals surface area contributed by atoms with Gasteiger partial charge in [-0.1, -0.05) is 34.6 Å². The average Bonchev–Trinajstić information content (AvgIpc) is 3.19. The summed E-state index contributed by atoms with van der Waals surface area (Å²) in [5, 5.41) is 3.32. The van der Waals surface area contributed by atoms with Crippen LogP contribution in [0.4, 0.5) is 0 Å². The summed E-state index contributed by atoms with van der Waals surface area (Å²) in [6.07, 6.45) is 3.48. The lowest BCUT2D eigenvalue weighted by Gasteiger charge is -2.36. The van der Waals surface area contributed by atoms with Crippen molar-refractivity contribution in [2.75, 3.05) is 65.4 Å². The van der Waals surface area contributed by atoms with Crippen LogP contribution in [0.15, 0.2) is 0 Å². The number of likely N-dealkylation sites (tertiary alicyclic amines) is 2. The zero-order valence-corrected chi connectivity index (χ0v) is 18.1. The van der Waals surface area contributed by atoms with Gasteiger partial charge in [0.25, 0.3) is 0 Å². The molecule has 26 heavy (non-hydrogen) atoms. The predicted octanol–water partition coefficient (Wildman–Crippen LogP) is 2.52. The van der Waals surface area contributed by atoms with Crippen LogP contribution >= 0.6 is 0 Å². The first-order chi connectivity index (χ1) is 12.8. The number of carbonyl (C=O) groups is 1. The van der Waals surface area contributed by atoms with E-state index in [4.69, 9.17) is 0 Å². The Morgan fingerprint density at radius 1 is 0.885 bits per heavy atom. The summed E-state index contributed by atoms with van der Waals surface area (Å²) < 4.78 is 0. The molecule has 5 heteroatoms. The number of hydrogen-bond acceptors (Lipinski definition) is 4. The van der Waals surface area contributed by atoms with E-state index in [0.29, 0.717) is 5.91 Å². The van der Waals surface area contributed by atoms with Crippen molar-refractivity contribution in [1.29, 1.82) is 0 Å². The lowest BCUT2D eigenvalue weighted by Crippen LogP contribution is -2.50. The molecule has 3 fully saturated rings. The van der Waals surface area contributed by atoms with Crippen LogP contribution in [0.5, 0.6) is 0 Å². The summed E-state index contributed by atoms with van der Waals surface area (Å²) in [4.78, 5) is 19.8. The maximum Gasteiger partial charge on any atom is 0.225 e. The molecule has 0 bridgehead atoms. The van der Waals surface area contributed by atoms with Gasteiger partial charge in [-0.3, -0.25) is 4.79 Å². The first-order valence-corrected chi connectivity index (χ1v) is 11.2. The van der Waals surface area contributed by atoms with Gasteiger partial charge in [-0.25, -0.2) is 0 Å². The summed E-state index contributed by atoms with van der Waals surface area (Å²) in [6, 6.07) is 0. The van der Waals surface area contributed by atoms with E-state index >= 15 is 0 Å². The van der Waals surface area contributed by atoms with Crippen molar-refractivity contribution in [2.45, 2.75) is 53.9 Å². The number of piperazine rings is 1. The molecular formula is C21H44N4O. The van der Waals surface area contributed by atoms with Gasteiger partial charge in [0, 0.05) is 45.2 Å². The number of nitrogens with zero attached hydrogens (tertiary/aromatic N) is 3. The van der Waals surface area contributed by atoms with E-state index in [0.717, 1.165) is 58.0 Å². The molecule has 154 valence electrons. The van der Waals surface area contributed by atoms with Crippen molar-refractivity contribution >= 4 is 5.91 Å². The second-order valence-electron chi connectivity index (χ2n) is 7.20. The molecule has 0 aromatic rings. The van der Waals surface area contributed by atoms with Crippen LogP contribution in [0.25, 0.3) is 0 Å². The molecule has 1 atom stereocenters. The maximum atomic E-state index is 12.6. The van der Waals surface area contributed by atoms with Crippen LogP contribution in [0, 0.1) is 11.8 Å². The number of hydrogen-bond donors (Lipinski definition) is 1. The monoisotopic (exact) mass is 368 g/mol. The smallest absolute Gasteiger partial charge is 0.225 e. The highest BCUT2D eigenvalue weighted by Crippen LogP contribution is 2.23. The zero-order valence-electron chi connectivity index (χ0n) is 18.1. The lowest BCUT2D eigenvalue weighted by atomic mass is 9.94. The van der Waals surface area contributed by atoms with Crippen LogP contribution < -0.4 is 5.32 Å². The minimum Gasteiger partial charge on any atom is -0.340 e. The normalized spacial score (nSPS) is 25.1. The van der Waals surface area contributed by atoms with E-state index in [1.165, 1.54) is 32.6 Å². The van der Waals surface area contributed by atoms with E-state index < -0.39 is 0 Å². The Labute approximate surface area is 162 Å². The quantitative estimate of drug-likeness (QED) is 0.828. The van der Waals surface area contributed by atoms with Crippen molar-refractivity contribution in [2.24, 2.45) is 11.8 Å². The van der Waals surface area contributed by atoms with Gasteiger partial charge in [0.05, 0.1) is 0 Å². The van der Waals surface area contributed by atoms with E-state index in [1.807, 2.05) is 27.7 Å². The number of carbonyl (C=O) groups excluding carboxylic acids is 1. The Bertz CT molecular complexity index is 363. The topological polar surface area (TPSA) is 38.8 Å². The number of amides is 1. The maximum absolute atomic E-state index is 12.6. The first kappa shape index (κ1) is 23.4. The predicted molar refractivity (Wildman–Crippen MR) is 112 cm³/mol. The molecule has 0 saturated carbocycles. The standard InChI is InChI=1S/C17H32N4O.2C2H6/c1-2-19-8-3-15(13-19)14-20-9-4-16(5-10-20)17(22)21-11-6-18-7-12-21;2*1-2/h15-16,18H,2-14H2,1H3;2*1-2H3/t15-;;/m0../s1. The first-order valence-electron chi connectivity index (χ1n) is 11.2. The molecule has 3 aliphatic rings. The van der Waals surface area contributed by atoms with Crippen LogP contribution in [0.3, 0.4) is 0 Å². The molecular weight excluding hydrogens is 324 g/mol. The molecule has 3 aliphatic heterocycles. The molecule has 3 rings (SSSR count). The molecule has 3 heterocycles. The van der Waals surface area contributed by atoms with E-state index in [9.17, 15) is 4.79 Å². The SMILES string of the molecule is CC.CC.CCN1CC[C@H](CN2CCC(C(=O)N3CCNCC3)CC2)C1.